The maximum Gasteiger partial charge on any atom is 0.409 e. The molecule has 0 saturated carbocycles. The van der Waals surface area contributed by atoms with E-state index in [0.717, 1.165) is 45.2 Å². The van der Waals surface area contributed by atoms with E-state index in [-0.39, 0.29) is 30.1 Å². The molecule has 1 amide bonds. The second-order valence-corrected chi connectivity index (χ2v) is 5.58. The molecule has 1 fully saturated rings. The Bertz CT molecular complexity index is 373. The quantitative estimate of drug-likeness (QED) is 0.360. The van der Waals surface area contributed by atoms with Gasteiger partial charge in [-0.1, -0.05) is 13.8 Å². The first-order valence-electron chi connectivity index (χ1n) is 8.75. The zero-order valence-electron chi connectivity index (χ0n) is 15.6. The number of ether oxygens (including phenoxy) is 1. The summed E-state index contributed by atoms with van der Waals surface area (Å²) < 4.78 is 5.05. The molecule has 0 unspecified atom stereocenters. The summed E-state index contributed by atoms with van der Waals surface area (Å²) in [4.78, 5) is 22.5. The molecule has 1 rings (SSSR count). The average molecular weight is 455 g/mol. The van der Waals surface area contributed by atoms with E-state index in [1.54, 1.807) is 4.90 Å². The van der Waals surface area contributed by atoms with E-state index in [2.05, 4.69) is 34.0 Å². The second kappa shape index (κ2) is 13.5. The Morgan fingerprint density at radius 2 is 1.75 bits per heavy atom. The molecule has 0 aromatic heterocycles. The van der Waals surface area contributed by atoms with E-state index in [0.29, 0.717) is 19.7 Å². The highest BCUT2D eigenvalue weighted by atomic mass is 127. The topological polar surface area (TPSA) is 60.4 Å². The minimum Gasteiger partial charge on any atom is -0.450 e. The van der Waals surface area contributed by atoms with Crippen molar-refractivity contribution in [2.75, 3.05) is 66.0 Å². The summed E-state index contributed by atoms with van der Waals surface area (Å²) in [6, 6.07) is 0. The fraction of sp³-hybridized carbons (Fsp3) is 0.875. The largest absolute Gasteiger partial charge is 0.450 e. The number of nitrogens with zero attached hydrogens (tertiary/aromatic N) is 4. The first-order chi connectivity index (χ1) is 11.2. The van der Waals surface area contributed by atoms with Crippen LogP contribution in [0.1, 0.15) is 27.2 Å². The molecule has 1 N–H and O–H groups in total. The molecule has 0 aromatic rings. The van der Waals surface area contributed by atoms with Crippen molar-refractivity contribution >= 4 is 36.0 Å². The summed E-state index contributed by atoms with van der Waals surface area (Å²) in [5.74, 6) is 0.918. The van der Waals surface area contributed by atoms with Crippen molar-refractivity contribution in [3.63, 3.8) is 0 Å². The van der Waals surface area contributed by atoms with Gasteiger partial charge in [-0.05, 0) is 26.4 Å². The van der Waals surface area contributed by atoms with Crippen LogP contribution in [0, 0.1) is 0 Å². The minimum absolute atomic E-state index is 0. The molecule has 24 heavy (non-hydrogen) atoms. The third-order valence-corrected chi connectivity index (χ3v) is 4.02. The van der Waals surface area contributed by atoms with Gasteiger partial charge in [-0.3, -0.25) is 4.99 Å². The zero-order chi connectivity index (χ0) is 17.1. The average Bonchev–Trinajstić information content (AvgIpc) is 2.58. The Hall–Kier alpha value is -0.770. The van der Waals surface area contributed by atoms with Gasteiger partial charge in [0.15, 0.2) is 5.96 Å². The summed E-state index contributed by atoms with van der Waals surface area (Å²) in [7, 11) is 1.81. The lowest BCUT2D eigenvalue weighted by molar-refractivity contribution is 0.0914. The van der Waals surface area contributed by atoms with E-state index in [1.165, 1.54) is 6.42 Å². The number of guanidine groups is 1. The zero-order valence-corrected chi connectivity index (χ0v) is 17.9. The van der Waals surface area contributed by atoms with Gasteiger partial charge in [0.05, 0.1) is 6.61 Å². The first-order valence-corrected chi connectivity index (χ1v) is 8.75. The van der Waals surface area contributed by atoms with Gasteiger partial charge in [-0.15, -0.1) is 24.0 Å². The van der Waals surface area contributed by atoms with Crippen LogP contribution in [0.4, 0.5) is 4.79 Å². The van der Waals surface area contributed by atoms with Crippen molar-refractivity contribution in [2.24, 2.45) is 4.99 Å². The highest BCUT2D eigenvalue weighted by Crippen LogP contribution is 2.04. The van der Waals surface area contributed by atoms with Crippen LogP contribution in [0.2, 0.25) is 0 Å². The second-order valence-electron chi connectivity index (χ2n) is 5.58. The van der Waals surface area contributed by atoms with Crippen molar-refractivity contribution in [1.29, 1.82) is 0 Å². The van der Waals surface area contributed by atoms with Crippen LogP contribution in [0.25, 0.3) is 0 Å². The summed E-state index contributed by atoms with van der Waals surface area (Å²) >= 11 is 0. The van der Waals surface area contributed by atoms with Gasteiger partial charge in [-0.25, -0.2) is 4.79 Å². The van der Waals surface area contributed by atoms with Gasteiger partial charge < -0.3 is 24.8 Å². The molecule has 7 nitrogen and oxygen atoms in total. The number of hydrogen-bond acceptors (Lipinski definition) is 4. The number of aliphatic imine (C=N–C) groups is 1. The standard InChI is InChI=1S/C16H33N5O2.HI/c1-5-9-19(6-2)10-8-18-15(17-4)20-11-13-21(14-12-20)16(22)23-7-3;/h5-14H2,1-4H3,(H,17,18);1H. The number of carbonyl (C=O) groups excluding carboxylic acids is 1. The van der Waals surface area contributed by atoms with E-state index in [4.69, 9.17) is 4.74 Å². The number of amides is 1. The number of nitrogens with one attached hydrogen (secondary N) is 1. The SMILES string of the molecule is CCCN(CC)CCNC(=NC)N1CCN(C(=O)OCC)CC1.I. The molecule has 0 atom stereocenters. The highest BCUT2D eigenvalue weighted by Gasteiger charge is 2.23. The van der Waals surface area contributed by atoms with Crippen molar-refractivity contribution in [1.82, 2.24) is 20.0 Å². The Morgan fingerprint density at radius 3 is 2.25 bits per heavy atom. The van der Waals surface area contributed by atoms with Crippen molar-refractivity contribution in [3.8, 4) is 0 Å². The van der Waals surface area contributed by atoms with Crippen LogP contribution in [-0.2, 0) is 4.74 Å². The third kappa shape index (κ3) is 7.87. The number of likely N-dealkylation sites (N-methyl/N-ethyl adjacent to an activating group) is 1. The van der Waals surface area contributed by atoms with Crippen LogP contribution >= 0.6 is 24.0 Å². The third-order valence-electron chi connectivity index (χ3n) is 4.02. The van der Waals surface area contributed by atoms with E-state index >= 15 is 0 Å². The maximum absolute atomic E-state index is 11.7. The van der Waals surface area contributed by atoms with E-state index < -0.39 is 0 Å². The molecule has 1 saturated heterocycles. The van der Waals surface area contributed by atoms with Crippen LogP contribution in [-0.4, -0.2) is 92.8 Å². The molecule has 8 heteroatoms. The molecule has 0 spiro atoms. The Morgan fingerprint density at radius 1 is 1.12 bits per heavy atom. The lowest BCUT2D eigenvalue weighted by Gasteiger charge is -2.36. The number of carbonyl (C=O) groups is 1. The number of rotatable bonds is 7. The molecule has 0 aliphatic carbocycles. The Balaban J connectivity index is 0.00000529. The molecule has 1 aliphatic rings. The van der Waals surface area contributed by atoms with Crippen molar-refractivity contribution < 1.29 is 9.53 Å². The normalized spacial score (nSPS) is 15.3. The van der Waals surface area contributed by atoms with Crippen molar-refractivity contribution in [3.05, 3.63) is 0 Å². The fourth-order valence-electron chi connectivity index (χ4n) is 2.72. The molecule has 1 aliphatic heterocycles. The minimum atomic E-state index is -0.215. The van der Waals surface area contributed by atoms with Gasteiger partial charge in [0.25, 0.3) is 0 Å². The van der Waals surface area contributed by atoms with Gasteiger partial charge in [0.1, 0.15) is 0 Å². The van der Waals surface area contributed by atoms with Gasteiger partial charge in [-0.2, -0.15) is 0 Å². The number of halogens is 1. The maximum atomic E-state index is 11.7. The van der Waals surface area contributed by atoms with Gasteiger partial charge >= 0.3 is 6.09 Å². The monoisotopic (exact) mass is 455 g/mol. The summed E-state index contributed by atoms with van der Waals surface area (Å²) in [5.41, 5.74) is 0. The molecular weight excluding hydrogens is 421 g/mol. The molecule has 0 bridgehead atoms. The predicted octanol–water partition coefficient (Wildman–Crippen LogP) is 1.69. The van der Waals surface area contributed by atoms with Crippen LogP contribution in [0.5, 0.6) is 0 Å². The van der Waals surface area contributed by atoms with Gasteiger partial charge in [0.2, 0.25) is 0 Å². The first kappa shape index (κ1) is 23.2. The van der Waals surface area contributed by atoms with Crippen LogP contribution < -0.4 is 5.32 Å². The lowest BCUT2D eigenvalue weighted by atomic mass is 10.3. The Kier molecular flexibility index (Phi) is 13.1. The van der Waals surface area contributed by atoms with E-state index in [9.17, 15) is 4.79 Å². The number of hydrogen-bond donors (Lipinski definition) is 1. The lowest BCUT2D eigenvalue weighted by Crippen LogP contribution is -2.54. The molecular formula is C16H34IN5O2. The van der Waals surface area contributed by atoms with Crippen LogP contribution in [0.3, 0.4) is 0 Å². The molecule has 0 aromatic carbocycles. The number of piperazine rings is 1. The molecule has 1 heterocycles. The predicted molar refractivity (Wildman–Crippen MR) is 109 cm³/mol. The summed E-state index contributed by atoms with van der Waals surface area (Å²) in [6.07, 6.45) is 0.964. The Labute approximate surface area is 163 Å². The van der Waals surface area contributed by atoms with Crippen molar-refractivity contribution in [2.45, 2.75) is 27.2 Å². The van der Waals surface area contributed by atoms with E-state index in [1.807, 2.05) is 14.0 Å². The molecule has 142 valence electrons. The highest BCUT2D eigenvalue weighted by molar-refractivity contribution is 14.0. The molecule has 0 radical (unpaired) electrons. The van der Waals surface area contributed by atoms with Crippen LogP contribution in [0.15, 0.2) is 4.99 Å². The summed E-state index contributed by atoms with van der Waals surface area (Å²) in [5, 5.41) is 3.43. The van der Waals surface area contributed by atoms with Gasteiger partial charge in [0, 0.05) is 46.3 Å². The smallest absolute Gasteiger partial charge is 0.409 e. The summed E-state index contributed by atoms with van der Waals surface area (Å²) in [6.45, 7) is 13.7. The fourth-order valence-corrected chi connectivity index (χ4v) is 2.72.